The Morgan fingerprint density at radius 3 is 2.53 bits per heavy atom. The Labute approximate surface area is 200 Å². The number of hydrogen-bond donors (Lipinski definition) is 2. The standard InChI is InChI=1S/C27H31N3O4/c1-33-17-13-28-26(31)23-19-22(29-27(32)25-8-5-16-34-25)9-10-24(23)30-14-11-21(12-15-30)18-20-6-3-2-4-7-20/h2-10,16,19,21H,11-15,17-18H2,1H3,(H,28,31)(H,29,32). The van der Waals surface area contributed by atoms with Gasteiger partial charge in [-0.25, -0.2) is 0 Å². The van der Waals surface area contributed by atoms with Crippen LogP contribution < -0.4 is 15.5 Å². The van der Waals surface area contributed by atoms with Crippen LogP contribution in [0.25, 0.3) is 0 Å². The summed E-state index contributed by atoms with van der Waals surface area (Å²) < 4.78 is 10.2. The van der Waals surface area contributed by atoms with E-state index in [4.69, 9.17) is 9.15 Å². The third-order valence-electron chi connectivity index (χ3n) is 6.16. The molecule has 7 heteroatoms. The van der Waals surface area contributed by atoms with Gasteiger partial charge in [-0.1, -0.05) is 30.3 Å². The van der Waals surface area contributed by atoms with Gasteiger partial charge in [0.25, 0.3) is 11.8 Å². The zero-order valence-electron chi connectivity index (χ0n) is 19.5. The fourth-order valence-corrected chi connectivity index (χ4v) is 4.36. The van der Waals surface area contributed by atoms with E-state index in [1.54, 1.807) is 25.3 Å². The van der Waals surface area contributed by atoms with Crippen molar-refractivity contribution in [1.82, 2.24) is 5.32 Å². The van der Waals surface area contributed by atoms with Crippen LogP contribution in [0.4, 0.5) is 11.4 Å². The number of carbonyl (C=O) groups excluding carboxylic acids is 2. The summed E-state index contributed by atoms with van der Waals surface area (Å²) in [7, 11) is 1.60. The number of furan rings is 1. The summed E-state index contributed by atoms with van der Waals surface area (Å²) >= 11 is 0. The van der Waals surface area contributed by atoms with Gasteiger partial charge >= 0.3 is 0 Å². The zero-order chi connectivity index (χ0) is 23.8. The Bertz CT molecular complexity index is 1070. The van der Waals surface area contributed by atoms with E-state index in [-0.39, 0.29) is 17.6 Å². The predicted molar refractivity (Wildman–Crippen MR) is 132 cm³/mol. The van der Waals surface area contributed by atoms with Crippen LogP contribution in [0.2, 0.25) is 0 Å². The SMILES string of the molecule is COCCNC(=O)c1cc(NC(=O)c2ccco2)ccc1N1CCC(Cc2ccccc2)CC1. The summed E-state index contributed by atoms with van der Waals surface area (Å²) in [4.78, 5) is 27.7. The molecule has 3 aromatic rings. The van der Waals surface area contributed by atoms with Crippen molar-refractivity contribution in [3.8, 4) is 0 Å². The van der Waals surface area contributed by atoms with E-state index in [0.29, 0.717) is 30.3 Å². The second-order valence-corrected chi connectivity index (χ2v) is 8.53. The van der Waals surface area contributed by atoms with Crippen molar-refractivity contribution in [2.45, 2.75) is 19.3 Å². The molecule has 178 valence electrons. The van der Waals surface area contributed by atoms with Crippen LogP contribution in [0.15, 0.2) is 71.3 Å². The molecule has 1 aliphatic rings. The summed E-state index contributed by atoms with van der Waals surface area (Å²) in [6.45, 7) is 2.61. The monoisotopic (exact) mass is 461 g/mol. The molecule has 34 heavy (non-hydrogen) atoms. The van der Waals surface area contributed by atoms with Crippen LogP contribution in [0.5, 0.6) is 0 Å². The average molecular weight is 462 g/mol. The minimum absolute atomic E-state index is 0.187. The molecule has 0 radical (unpaired) electrons. The molecule has 7 nitrogen and oxygen atoms in total. The number of benzene rings is 2. The Kier molecular flexibility index (Phi) is 7.99. The molecular formula is C27H31N3O4. The fraction of sp³-hybridized carbons (Fsp3) is 0.333. The third-order valence-corrected chi connectivity index (χ3v) is 6.16. The first-order chi connectivity index (χ1) is 16.6. The van der Waals surface area contributed by atoms with Crippen molar-refractivity contribution in [3.63, 3.8) is 0 Å². The second kappa shape index (κ2) is 11.5. The van der Waals surface area contributed by atoms with Crippen molar-refractivity contribution in [1.29, 1.82) is 0 Å². The summed E-state index contributed by atoms with van der Waals surface area (Å²) in [6.07, 6.45) is 4.66. The fourth-order valence-electron chi connectivity index (χ4n) is 4.36. The molecule has 1 aliphatic heterocycles. The first kappa shape index (κ1) is 23.6. The van der Waals surface area contributed by atoms with Gasteiger partial charge in [-0.3, -0.25) is 9.59 Å². The lowest BCUT2D eigenvalue weighted by atomic mass is 9.89. The lowest BCUT2D eigenvalue weighted by Crippen LogP contribution is -2.36. The third kappa shape index (κ3) is 6.05. The smallest absolute Gasteiger partial charge is 0.291 e. The van der Waals surface area contributed by atoms with E-state index < -0.39 is 0 Å². The summed E-state index contributed by atoms with van der Waals surface area (Å²) in [6, 6.07) is 19.3. The second-order valence-electron chi connectivity index (χ2n) is 8.53. The van der Waals surface area contributed by atoms with E-state index in [0.717, 1.165) is 38.0 Å². The van der Waals surface area contributed by atoms with Crippen molar-refractivity contribution >= 4 is 23.2 Å². The molecule has 1 aromatic heterocycles. The Morgan fingerprint density at radius 1 is 1.03 bits per heavy atom. The van der Waals surface area contributed by atoms with Gasteiger partial charge in [-0.05, 0) is 61.1 Å². The van der Waals surface area contributed by atoms with Crippen molar-refractivity contribution in [2.75, 3.05) is 43.6 Å². The molecule has 0 bridgehead atoms. The van der Waals surface area contributed by atoms with Crippen molar-refractivity contribution in [2.24, 2.45) is 5.92 Å². The molecule has 0 saturated carbocycles. The van der Waals surface area contributed by atoms with Crippen molar-refractivity contribution in [3.05, 3.63) is 83.8 Å². The van der Waals surface area contributed by atoms with E-state index in [9.17, 15) is 9.59 Å². The molecule has 4 rings (SSSR count). The van der Waals surface area contributed by atoms with E-state index in [1.807, 2.05) is 18.2 Å². The molecule has 1 fully saturated rings. The number of hydrogen-bond acceptors (Lipinski definition) is 5. The number of carbonyl (C=O) groups is 2. The first-order valence-corrected chi connectivity index (χ1v) is 11.7. The molecule has 2 heterocycles. The highest BCUT2D eigenvalue weighted by molar-refractivity contribution is 6.05. The number of piperidine rings is 1. The number of nitrogens with zero attached hydrogens (tertiary/aromatic N) is 1. The summed E-state index contributed by atoms with van der Waals surface area (Å²) in [5, 5.41) is 5.72. The van der Waals surface area contributed by atoms with Crippen LogP contribution in [-0.2, 0) is 11.2 Å². The maximum atomic E-state index is 13.0. The van der Waals surface area contributed by atoms with Gasteiger partial charge in [-0.15, -0.1) is 0 Å². The van der Waals surface area contributed by atoms with Gasteiger partial charge in [0, 0.05) is 38.1 Å². The van der Waals surface area contributed by atoms with Gasteiger partial charge in [-0.2, -0.15) is 0 Å². The highest BCUT2D eigenvalue weighted by atomic mass is 16.5. The van der Waals surface area contributed by atoms with Crippen LogP contribution in [-0.4, -0.2) is 45.2 Å². The lowest BCUT2D eigenvalue weighted by Gasteiger charge is -2.35. The van der Waals surface area contributed by atoms with E-state index in [1.165, 1.54) is 11.8 Å². The highest BCUT2D eigenvalue weighted by Crippen LogP contribution is 2.30. The van der Waals surface area contributed by atoms with Gasteiger partial charge in [0.1, 0.15) is 0 Å². The molecule has 0 aliphatic carbocycles. The highest BCUT2D eigenvalue weighted by Gasteiger charge is 2.24. The largest absolute Gasteiger partial charge is 0.459 e. The number of anilines is 2. The predicted octanol–water partition coefficient (Wildman–Crippen LogP) is 4.37. The number of ether oxygens (including phenoxy) is 1. The van der Waals surface area contributed by atoms with Crippen LogP contribution >= 0.6 is 0 Å². The average Bonchev–Trinajstić information content (AvgIpc) is 3.41. The Hall–Kier alpha value is -3.58. The molecule has 2 N–H and O–H groups in total. The van der Waals surface area contributed by atoms with Gasteiger partial charge < -0.3 is 24.7 Å². The van der Waals surface area contributed by atoms with E-state index >= 15 is 0 Å². The first-order valence-electron chi connectivity index (χ1n) is 11.7. The Morgan fingerprint density at radius 2 is 1.82 bits per heavy atom. The van der Waals surface area contributed by atoms with Crippen LogP contribution in [0.3, 0.4) is 0 Å². The minimum atomic E-state index is -0.356. The number of nitrogens with one attached hydrogen (secondary N) is 2. The lowest BCUT2D eigenvalue weighted by molar-refractivity contribution is 0.0936. The number of amides is 2. The maximum Gasteiger partial charge on any atom is 0.291 e. The van der Waals surface area contributed by atoms with Gasteiger partial charge in [0.2, 0.25) is 0 Å². The molecule has 2 amide bonds. The molecule has 0 spiro atoms. The number of methoxy groups -OCH3 is 1. The normalized spacial score (nSPS) is 14.1. The number of rotatable bonds is 9. The quantitative estimate of drug-likeness (QED) is 0.463. The van der Waals surface area contributed by atoms with E-state index in [2.05, 4.69) is 39.8 Å². The van der Waals surface area contributed by atoms with Crippen molar-refractivity contribution < 1.29 is 18.7 Å². The molecular weight excluding hydrogens is 430 g/mol. The van der Waals surface area contributed by atoms with Crippen LogP contribution in [0.1, 0.15) is 39.3 Å². The summed E-state index contributed by atoms with van der Waals surface area (Å²) in [5.41, 5.74) is 3.33. The maximum absolute atomic E-state index is 13.0. The van der Waals surface area contributed by atoms with Crippen LogP contribution in [0, 0.1) is 5.92 Å². The van der Waals surface area contributed by atoms with Gasteiger partial charge in [0.05, 0.1) is 18.4 Å². The van der Waals surface area contributed by atoms with Gasteiger partial charge in [0.15, 0.2) is 5.76 Å². The minimum Gasteiger partial charge on any atom is -0.459 e. The molecule has 0 unspecified atom stereocenters. The topological polar surface area (TPSA) is 83.8 Å². The molecule has 0 atom stereocenters. The summed E-state index contributed by atoms with van der Waals surface area (Å²) in [5.74, 6) is 0.304. The molecule has 1 saturated heterocycles. The Balaban J connectivity index is 1.47. The zero-order valence-corrected chi connectivity index (χ0v) is 19.5. The molecule has 2 aromatic carbocycles.